The lowest BCUT2D eigenvalue weighted by atomic mass is 10.1. The summed E-state index contributed by atoms with van der Waals surface area (Å²) >= 11 is 6.37. The van der Waals surface area contributed by atoms with Gasteiger partial charge in [-0.3, -0.25) is 0 Å². The Kier molecular flexibility index (Phi) is 4.52. The summed E-state index contributed by atoms with van der Waals surface area (Å²) in [6.07, 6.45) is 2.62. The first kappa shape index (κ1) is 13.7. The summed E-state index contributed by atoms with van der Waals surface area (Å²) < 4.78 is 0. The molecule has 0 radical (unpaired) electrons. The molecule has 1 saturated carbocycles. The average molecular weight is 267 g/mol. The Balaban J connectivity index is 2.07. The molecule has 0 spiro atoms. The summed E-state index contributed by atoms with van der Waals surface area (Å²) in [5, 5.41) is 4.38. The standard InChI is InChI=1S/C15H23ClN2/c1-4-18(11(2)3)14-8-5-12(15(16)9-14)10-17-13-6-7-13/h5,8-9,11,13,17H,4,6-7,10H2,1-3H3. The van der Waals surface area contributed by atoms with E-state index in [9.17, 15) is 0 Å². The molecule has 1 aliphatic rings. The van der Waals surface area contributed by atoms with E-state index in [0.29, 0.717) is 6.04 Å². The Morgan fingerprint density at radius 1 is 1.39 bits per heavy atom. The van der Waals surface area contributed by atoms with Gasteiger partial charge in [-0.15, -0.1) is 0 Å². The van der Waals surface area contributed by atoms with Crippen molar-refractivity contribution in [1.29, 1.82) is 0 Å². The molecule has 0 aliphatic heterocycles. The first-order valence-electron chi connectivity index (χ1n) is 6.90. The van der Waals surface area contributed by atoms with Gasteiger partial charge in [0.15, 0.2) is 0 Å². The summed E-state index contributed by atoms with van der Waals surface area (Å²) in [6, 6.07) is 7.65. The number of nitrogens with one attached hydrogen (secondary N) is 1. The van der Waals surface area contributed by atoms with Crippen LogP contribution in [0.3, 0.4) is 0 Å². The number of hydrogen-bond donors (Lipinski definition) is 1. The second-order valence-electron chi connectivity index (χ2n) is 5.31. The van der Waals surface area contributed by atoms with Gasteiger partial charge in [-0.05, 0) is 51.3 Å². The Morgan fingerprint density at radius 2 is 2.11 bits per heavy atom. The number of nitrogens with zero attached hydrogens (tertiary/aromatic N) is 1. The van der Waals surface area contributed by atoms with Crippen LogP contribution in [-0.2, 0) is 6.54 Å². The van der Waals surface area contributed by atoms with Crippen molar-refractivity contribution in [2.24, 2.45) is 0 Å². The second-order valence-corrected chi connectivity index (χ2v) is 5.72. The zero-order valence-corrected chi connectivity index (χ0v) is 12.3. The second kappa shape index (κ2) is 5.94. The molecule has 1 fully saturated rings. The molecule has 0 saturated heterocycles. The van der Waals surface area contributed by atoms with Crippen LogP contribution in [0.25, 0.3) is 0 Å². The van der Waals surface area contributed by atoms with E-state index in [2.05, 4.69) is 49.2 Å². The van der Waals surface area contributed by atoms with E-state index < -0.39 is 0 Å². The molecule has 2 nitrogen and oxygen atoms in total. The maximum Gasteiger partial charge on any atom is 0.0471 e. The van der Waals surface area contributed by atoms with Gasteiger partial charge in [-0.2, -0.15) is 0 Å². The fourth-order valence-electron chi connectivity index (χ4n) is 2.25. The van der Waals surface area contributed by atoms with Crippen molar-refractivity contribution in [3.63, 3.8) is 0 Å². The van der Waals surface area contributed by atoms with Crippen LogP contribution in [0.2, 0.25) is 5.02 Å². The third kappa shape index (κ3) is 3.39. The van der Waals surface area contributed by atoms with E-state index in [1.807, 2.05) is 0 Å². The normalized spacial score (nSPS) is 15.2. The van der Waals surface area contributed by atoms with Crippen molar-refractivity contribution in [2.45, 2.75) is 52.2 Å². The Bertz CT molecular complexity index is 399. The summed E-state index contributed by atoms with van der Waals surface area (Å²) in [4.78, 5) is 2.35. The quantitative estimate of drug-likeness (QED) is 0.842. The number of halogens is 1. The molecule has 0 bridgehead atoms. The van der Waals surface area contributed by atoms with Crippen LogP contribution in [0.5, 0.6) is 0 Å². The lowest BCUT2D eigenvalue weighted by molar-refractivity contribution is 0.686. The Morgan fingerprint density at radius 3 is 2.61 bits per heavy atom. The predicted octanol–water partition coefficient (Wildman–Crippen LogP) is 3.83. The van der Waals surface area contributed by atoms with Crippen LogP contribution >= 0.6 is 11.6 Å². The van der Waals surface area contributed by atoms with E-state index in [1.54, 1.807) is 0 Å². The molecule has 1 N–H and O–H groups in total. The highest BCUT2D eigenvalue weighted by Crippen LogP contribution is 2.26. The lowest BCUT2D eigenvalue weighted by Gasteiger charge is -2.28. The van der Waals surface area contributed by atoms with Gasteiger partial charge in [0.1, 0.15) is 0 Å². The van der Waals surface area contributed by atoms with E-state index in [4.69, 9.17) is 11.6 Å². The molecule has 0 aromatic heterocycles. The predicted molar refractivity (Wildman–Crippen MR) is 79.5 cm³/mol. The monoisotopic (exact) mass is 266 g/mol. The van der Waals surface area contributed by atoms with Crippen molar-refractivity contribution in [3.8, 4) is 0 Å². The molecular weight excluding hydrogens is 244 g/mol. The van der Waals surface area contributed by atoms with Crippen molar-refractivity contribution in [3.05, 3.63) is 28.8 Å². The Labute approximate surface area is 115 Å². The minimum atomic E-state index is 0.501. The molecule has 1 aromatic carbocycles. The average Bonchev–Trinajstić information content (AvgIpc) is 3.12. The van der Waals surface area contributed by atoms with E-state index in [-0.39, 0.29) is 0 Å². The van der Waals surface area contributed by atoms with E-state index in [0.717, 1.165) is 24.2 Å². The van der Waals surface area contributed by atoms with Gasteiger partial charge in [0.2, 0.25) is 0 Å². The van der Waals surface area contributed by atoms with Gasteiger partial charge < -0.3 is 10.2 Å². The molecule has 0 amide bonds. The first-order chi connectivity index (χ1) is 8.61. The molecule has 0 atom stereocenters. The van der Waals surface area contributed by atoms with Crippen LogP contribution < -0.4 is 10.2 Å². The van der Waals surface area contributed by atoms with Gasteiger partial charge in [0.05, 0.1) is 0 Å². The molecule has 2 rings (SSSR count). The summed E-state index contributed by atoms with van der Waals surface area (Å²) in [5.41, 5.74) is 2.42. The molecule has 3 heteroatoms. The van der Waals surface area contributed by atoms with E-state index >= 15 is 0 Å². The molecular formula is C15H23ClN2. The van der Waals surface area contributed by atoms with E-state index in [1.165, 1.54) is 24.1 Å². The minimum Gasteiger partial charge on any atom is -0.369 e. The number of benzene rings is 1. The van der Waals surface area contributed by atoms with Gasteiger partial charge in [-0.25, -0.2) is 0 Å². The molecule has 18 heavy (non-hydrogen) atoms. The van der Waals surface area contributed by atoms with Gasteiger partial charge >= 0.3 is 0 Å². The SMILES string of the molecule is CCN(c1ccc(CNC2CC2)c(Cl)c1)C(C)C. The fraction of sp³-hybridized carbons (Fsp3) is 0.600. The van der Waals surface area contributed by atoms with Crippen molar-refractivity contribution >= 4 is 17.3 Å². The number of rotatable bonds is 6. The zero-order chi connectivity index (χ0) is 13.1. The van der Waals surface area contributed by atoms with Crippen LogP contribution in [0, 0.1) is 0 Å². The minimum absolute atomic E-state index is 0.501. The van der Waals surface area contributed by atoms with Crippen molar-refractivity contribution in [1.82, 2.24) is 5.32 Å². The van der Waals surface area contributed by atoms with Crippen LogP contribution in [0.4, 0.5) is 5.69 Å². The Hall–Kier alpha value is -0.730. The first-order valence-corrected chi connectivity index (χ1v) is 7.28. The maximum absolute atomic E-state index is 6.37. The molecule has 0 heterocycles. The lowest BCUT2D eigenvalue weighted by Crippen LogP contribution is -2.30. The third-order valence-corrected chi connectivity index (χ3v) is 3.84. The fourth-order valence-corrected chi connectivity index (χ4v) is 2.49. The number of anilines is 1. The molecule has 1 aliphatic carbocycles. The largest absolute Gasteiger partial charge is 0.369 e. The van der Waals surface area contributed by atoms with Crippen LogP contribution in [-0.4, -0.2) is 18.6 Å². The van der Waals surface area contributed by atoms with Gasteiger partial charge in [0.25, 0.3) is 0 Å². The summed E-state index contributed by atoms with van der Waals surface area (Å²) in [5.74, 6) is 0. The van der Waals surface area contributed by atoms with Crippen molar-refractivity contribution in [2.75, 3.05) is 11.4 Å². The van der Waals surface area contributed by atoms with Gasteiger partial charge in [-0.1, -0.05) is 17.7 Å². The van der Waals surface area contributed by atoms with Crippen molar-refractivity contribution < 1.29 is 0 Å². The maximum atomic E-state index is 6.37. The third-order valence-electron chi connectivity index (χ3n) is 3.49. The molecule has 0 unspecified atom stereocenters. The van der Waals surface area contributed by atoms with Crippen LogP contribution in [0.15, 0.2) is 18.2 Å². The molecule has 1 aromatic rings. The zero-order valence-electron chi connectivity index (χ0n) is 11.5. The molecule has 100 valence electrons. The van der Waals surface area contributed by atoms with Gasteiger partial charge in [0, 0.05) is 35.9 Å². The highest BCUT2D eigenvalue weighted by Gasteiger charge is 2.20. The smallest absolute Gasteiger partial charge is 0.0471 e. The highest BCUT2D eigenvalue weighted by molar-refractivity contribution is 6.31. The topological polar surface area (TPSA) is 15.3 Å². The van der Waals surface area contributed by atoms with Crippen LogP contribution in [0.1, 0.15) is 39.2 Å². The summed E-state index contributed by atoms with van der Waals surface area (Å²) in [7, 11) is 0. The summed E-state index contributed by atoms with van der Waals surface area (Å²) in [6.45, 7) is 8.49. The highest BCUT2D eigenvalue weighted by atomic mass is 35.5. The number of hydrogen-bond acceptors (Lipinski definition) is 2.